The van der Waals surface area contributed by atoms with E-state index in [4.69, 9.17) is 16.6 Å². The van der Waals surface area contributed by atoms with Crippen LogP contribution in [0.5, 0.6) is 0 Å². The molecule has 0 spiro atoms. The molecule has 0 amide bonds. The summed E-state index contributed by atoms with van der Waals surface area (Å²) in [4.78, 5) is 5.91. The second-order valence-corrected chi connectivity index (χ2v) is 8.85. The van der Waals surface area contributed by atoms with E-state index < -0.39 is 0 Å². The number of thioether (sulfide) groups is 1. The van der Waals surface area contributed by atoms with Gasteiger partial charge in [-0.15, -0.1) is 23.1 Å². The van der Waals surface area contributed by atoms with Gasteiger partial charge < -0.3 is 0 Å². The molecule has 5 heteroatoms. The maximum Gasteiger partial charge on any atom is 0.115 e. The van der Waals surface area contributed by atoms with Gasteiger partial charge in [-0.1, -0.05) is 72.3 Å². The van der Waals surface area contributed by atoms with Crippen LogP contribution in [0.2, 0.25) is 5.02 Å². The molecule has 30 heavy (non-hydrogen) atoms. The summed E-state index contributed by atoms with van der Waals surface area (Å²) < 4.78 is 0. The second-order valence-electron chi connectivity index (χ2n) is 6.46. The minimum atomic E-state index is 0.593. The molecule has 0 aliphatic carbocycles. The SMILES string of the molecule is N#Cc1c(-c2ccc(Cl)cc2)cc(-c2cccs2)nc1SC/C=C\c1ccccc1. The van der Waals surface area contributed by atoms with E-state index in [2.05, 4.69) is 36.4 Å². The van der Waals surface area contributed by atoms with Crippen LogP contribution in [0.15, 0.2) is 89.3 Å². The first-order valence-electron chi connectivity index (χ1n) is 9.34. The van der Waals surface area contributed by atoms with Crippen molar-refractivity contribution in [1.29, 1.82) is 5.26 Å². The normalized spacial score (nSPS) is 10.9. The largest absolute Gasteiger partial charge is 0.239 e. The van der Waals surface area contributed by atoms with E-state index in [1.54, 1.807) is 23.1 Å². The molecule has 4 rings (SSSR count). The van der Waals surface area contributed by atoms with Gasteiger partial charge in [0.2, 0.25) is 0 Å². The Morgan fingerprint density at radius 3 is 2.53 bits per heavy atom. The molecule has 2 nitrogen and oxygen atoms in total. The predicted molar refractivity (Wildman–Crippen MR) is 129 cm³/mol. The molecular formula is C25H17ClN2S2. The molecule has 0 aliphatic rings. The lowest BCUT2D eigenvalue weighted by Gasteiger charge is -2.11. The van der Waals surface area contributed by atoms with E-state index in [0.717, 1.165) is 38.0 Å². The molecule has 0 radical (unpaired) electrons. The molecular weight excluding hydrogens is 428 g/mol. The second kappa shape index (κ2) is 9.77. The summed E-state index contributed by atoms with van der Waals surface area (Å²) >= 11 is 9.28. The topological polar surface area (TPSA) is 36.7 Å². The van der Waals surface area contributed by atoms with Crippen LogP contribution >= 0.6 is 34.7 Å². The van der Waals surface area contributed by atoms with Crippen LogP contribution in [0.1, 0.15) is 11.1 Å². The Morgan fingerprint density at radius 1 is 1.03 bits per heavy atom. The van der Waals surface area contributed by atoms with Crippen molar-refractivity contribution >= 4 is 40.8 Å². The quantitative estimate of drug-likeness (QED) is 0.284. The van der Waals surface area contributed by atoms with Gasteiger partial charge in [0, 0.05) is 16.3 Å². The van der Waals surface area contributed by atoms with E-state index in [9.17, 15) is 5.26 Å². The van der Waals surface area contributed by atoms with E-state index in [0.29, 0.717) is 10.6 Å². The molecule has 0 aliphatic heterocycles. The average molecular weight is 445 g/mol. The number of nitrogens with zero attached hydrogens (tertiary/aromatic N) is 2. The Balaban J connectivity index is 1.70. The lowest BCUT2D eigenvalue weighted by molar-refractivity contribution is 1.12. The Bertz CT molecular complexity index is 1190. The van der Waals surface area contributed by atoms with Crippen LogP contribution in [-0.2, 0) is 0 Å². The number of pyridine rings is 1. The number of hydrogen-bond donors (Lipinski definition) is 0. The van der Waals surface area contributed by atoms with Crippen molar-refractivity contribution in [2.24, 2.45) is 0 Å². The van der Waals surface area contributed by atoms with Crippen molar-refractivity contribution < 1.29 is 0 Å². The smallest absolute Gasteiger partial charge is 0.115 e. The third-order valence-corrected chi connectivity index (χ3v) is 6.53. The van der Waals surface area contributed by atoms with Gasteiger partial charge in [-0.3, -0.25) is 0 Å². The molecule has 2 aromatic heterocycles. The van der Waals surface area contributed by atoms with Crippen LogP contribution in [0.3, 0.4) is 0 Å². The zero-order chi connectivity index (χ0) is 20.8. The third kappa shape index (κ3) is 4.83. The number of rotatable bonds is 6. The van der Waals surface area contributed by atoms with Crippen LogP contribution in [0.25, 0.3) is 27.8 Å². The molecule has 0 bridgehead atoms. The fraction of sp³-hybridized carbons (Fsp3) is 0.0400. The minimum absolute atomic E-state index is 0.593. The maximum absolute atomic E-state index is 9.93. The van der Waals surface area contributed by atoms with E-state index in [1.807, 2.05) is 60.0 Å². The molecule has 2 aromatic carbocycles. The Morgan fingerprint density at radius 2 is 1.83 bits per heavy atom. The number of thiophene rings is 1. The molecule has 0 unspecified atom stereocenters. The summed E-state index contributed by atoms with van der Waals surface area (Å²) in [5, 5.41) is 13.4. The standard InChI is InChI=1S/C25H17ClN2S2/c26-20-12-10-19(11-13-20)21-16-23(24-9-5-14-29-24)28-25(22(21)17-27)30-15-4-8-18-6-2-1-3-7-18/h1-14,16H,15H2/b8-4-. The highest BCUT2D eigenvalue weighted by atomic mass is 35.5. The van der Waals surface area contributed by atoms with Crippen LogP contribution < -0.4 is 0 Å². The predicted octanol–water partition coefficient (Wildman–Crippen LogP) is 7.81. The number of hydrogen-bond acceptors (Lipinski definition) is 4. The summed E-state index contributed by atoms with van der Waals surface area (Å²) in [7, 11) is 0. The Kier molecular flexibility index (Phi) is 6.66. The van der Waals surface area contributed by atoms with Crippen molar-refractivity contribution in [1.82, 2.24) is 4.98 Å². The summed E-state index contributed by atoms with van der Waals surface area (Å²) in [6.07, 6.45) is 4.19. The maximum atomic E-state index is 9.93. The van der Waals surface area contributed by atoms with Crippen LogP contribution in [0, 0.1) is 11.3 Å². The number of halogens is 1. The van der Waals surface area contributed by atoms with Gasteiger partial charge in [-0.05, 0) is 40.8 Å². The van der Waals surface area contributed by atoms with Gasteiger partial charge in [0.25, 0.3) is 0 Å². The highest BCUT2D eigenvalue weighted by molar-refractivity contribution is 7.99. The molecule has 4 aromatic rings. The van der Waals surface area contributed by atoms with Gasteiger partial charge in [0.1, 0.15) is 11.1 Å². The molecule has 0 fully saturated rings. The fourth-order valence-electron chi connectivity index (χ4n) is 3.02. The molecule has 0 N–H and O–H groups in total. The minimum Gasteiger partial charge on any atom is -0.239 e. The van der Waals surface area contributed by atoms with Crippen LogP contribution in [-0.4, -0.2) is 10.7 Å². The van der Waals surface area contributed by atoms with Crippen molar-refractivity contribution in [2.45, 2.75) is 5.03 Å². The van der Waals surface area contributed by atoms with Crippen molar-refractivity contribution in [3.05, 3.63) is 100 Å². The first-order chi connectivity index (χ1) is 14.7. The van der Waals surface area contributed by atoms with Gasteiger partial charge >= 0.3 is 0 Å². The number of benzene rings is 2. The Hall–Kier alpha value is -2.84. The average Bonchev–Trinajstić information content (AvgIpc) is 3.32. The summed E-state index contributed by atoms with van der Waals surface area (Å²) in [5.41, 5.74) is 4.46. The first kappa shape index (κ1) is 20.4. The third-order valence-electron chi connectivity index (χ3n) is 4.45. The van der Waals surface area contributed by atoms with Gasteiger partial charge in [0.05, 0.1) is 16.1 Å². The zero-order valence-electron chi connectivity index (χ0n) is 16.0. The summed E-state index contributed by atoms with van der Waals surface area (Å²) in [5.74, 6) is 0.727. The van der Waals surface area contributed by atoms with Crippen molar-refractivity contribution in [3.63, 3.8) is 0 Å². The molecule has 146 valence electrons. The summed E-state index contributed by atoms with van der Waals surface area (Å²) in [6.45, 7) is 0. The first-order valence-corrected chi connectivity index (χ1v) is 11.6. The Labute approximate surface area is 189 Å². The zero-order valence-corrected chi connectivity index (χ0v) is 18.3. The fourth-order valence-corrected chi connectivity index (χ4v) is 4.64. The highest BCUT2D eigenvalue weighted by Gasteiger charge is 2.16. The van der Waals surface area contributed by atoms with Crippen molar-refractivity contribution in [2.75, 3.05) is 5.75 Å². The molecule has 0 atom stereocenters. The monoisotopic (exact) mass is 444 g/mol. The number of aromatic nitrogens is 1. The van der Waals surface area contributed by atoms with E-state index in [-0.39, 0.29) is 0 Å². The highest BCUT2D eigenvalue weighted by Crippen LogP contribution is 2.35. The van der Waals surface area contributed by atoms with Gasteiger partial charge in [-0.2, -0.15) is 5.26 Å². The number of nitriles is 1. The lowest BCUT2D eigenvalue weighted by Crippen LogP contribution is -1.95. The molecule has 0 saturated heterocycles. The molecule has 0 saturated carbocycles. The molecule has 2 heterocycles. The summed E-state index contributed by atoms with van der Waals surface area (Å²) in [6, 6.07) is 26.2. The van der Waals surface area contributed by atoms with Gasteiger partial charge in [0.15, 0.2) is 0 Å². The van der Waals surface area contributed by atoms with Gasteiger partial charge in [-0.25, -0.2) is 4.98 Å². The van der Waals surface area contributed by atoms with E-state index in [1.165, 1.54) is 0 Å². The van der Waals surface area contributed by atoms with Crippen LogP contribution in [0.4, 0.5) is 0 Å². The lowest BCUT2D eigenvalue weighted by atomic mass is 10.0. The van der Waals surface area contributed by atoms with Crippen molar-refractivity contribution in [3.8, 4) is 27.8 Å². The van der Waals surface area contributed by atoms with E-state index >= 15 is 0 Å².